The molecule has 0 saturated carbocycles. The van der Waals surface area contributed by atoms with Crippen molar-refractivity contribution in [2.24, 2.45) is 0 Å². The van der Waals surface area contributed by atoms with Gasteiger partial charge in [-0.1, -0.05) is 35.3 Å². The lowest BCUT2D eigenvalue weighted by atomic mass is 10.1. The SMILES string of the molecule is CCOc1c(Cl)cc(CNCCc2ccc(OC)cc2)cc1Cl.Cl. The zero-order valence-electron chi connectivity index (χ0n) is 13.8. The third-order valence-corrected chi connectivity index (χ3v) is 3.99. The van der Waals surface area contributed by atoms with Crippen molar-refractivity contribution in [1.29, 1.82) is 0 Å². The molecule has 2 rings (SSSR count). The lowest BCUT2D eigenvalue weighted by molar-refractivity contribution is 0.340. The Kier molecular flexibility index (Phi) is 9.30. The highest BCUT2D eigenvalue weighted by Gasteiger charge is 2.09. The van der Waals surface area contributed by atoms with Crippen molar-refractivity contribution >= 4 is 35.6 Å². The van der Waals surface area contributed by atoms with Gasteiger partial charge in [0.05, 0.1) is 23.8 Å². The molecule has 2 aromatic carbocycles. The number of ether oxygens (including phenoxy) is 2. The average Bonchev–Trinajstić information content (AvgIpc) is 2.55. The Labute approximate surface area is 159 Å². The number of benzene rings is 2. The molecule has 2 aromatic rings. The Morgan fingerprint density at radius 3 is 2.17 bits per heavy atom. The molecule has 0 atom stereocenters. The van der Waals surface area contributed by atoms with Crippen molar-refractivity contribution in [3.8, 4) is 11.5 Å². The van der Waals surface area contributed by atoms with Crippen LogP contribution >= 0.6 is 35.6 Å². The standard InChI is InChI=1S/C18H21Cl2NO2.ClH/c1-3-23-18-16(19)10-14(11-17(18)20)12-21-9-8-13-4-6-15(22-2)7-5-13;/h4-7,10-11,21H,3,8-9,12H2,1-2H3;1H. The second-order valence-corrected chi connectivity index (χ2v) is 5.91. The molecule has 1 N–H and O–H groups in total. The lowest BCUT2D eigenvalue weighted by Crippen LogP contribution is -2.16. The van der Waals surface area contributed by atoms with Crippen LogP contribution in [0.2, 0.25) is 10.0 Å². The molecule has 3 nitrogen and oxygen atoms in total. The van der Waals surface area contributed by atoms with E-state index in [4.69, 9.17) is 32.7 Å². The van der Waals surface area contributed by atoms with Crippen molar-refractivity contribution in [3.05, 3.63) is 57.6 Å². The molecule has 132 valence electrons. The lowest BCUT2D eigenvalue weighted by Gasteiger charge is -2.11. The Hall–Kier alpha value is -1.13. The zero-order valence-corrected chi connectivity index (χ0v) is 16.1. The molecular formula is C18H22Cl3NO2. The molecule has 24 heavy (non-hydrogen) atoms. The zero-order chi connectivity index (χ0) is 16.7. The summed E-state index contributed by atoms with van der Waals surface area (Å²) in [7, 11) is 1.67. The molecule has 0 bridgehead atoms. The summed E-state index contributed by atoms with van der Waals surface area (Å²) in [5.41, 5.74) is 2.30. The van der Waals surface area contributed by atoms with Gasteiger partial charge in [-0.3, -0.25) is 0 Å². The Morgan fingerprint density at radius 2 is 1.62 bits per heavy atom. The highest BCUT2D eigenvalue weighted by molar-refractivity contribution is 6.37. The first-order chi connectivity index (χ1) is 11.1. The molecule has 0 radical (unpaired) electrons. The average molecular weight is 391 g/mol. The van der Waals surface area contributed by atoms with E-state index in [2.05, 4.69) is 17.4 Å². The van der Waals surface area contributed by atoms with E-state index in [0.717, 1.165) is 24.3 Å². The maximum absolute atomic E-state index is 6.20. The van der Waals surface area contributed by atoms with E-state index in [-0.39, 0.29) is 12.4 Å². The Bertz CT molecular complexity index is 610. The van der Waals surface area contributed by atoms with Crippen molar-refractivity contribution in [2.75, 3.05) is 20.3 Å². The topological polar surface area (TPSA) is 30.5 Å². The van der Waals surface area contributed by atoms with Crippen molar-refractivity contribution in [3.63, 3.8) is 0 Å². The summed E-state index contributed by atoms with van der Waals surface area (Å²) in [6, 6.07) is 11.9. The summed E-state index contributed by atoms with van der Waals surface area (Å²) in [4.78, 5) is 0. The minimum absolute atomic E-state index is 0. The molecule has 0 aliphatic rings. The summed E-state index contributed by atoms with van der Waals surface area (Å²) in [5, 5.41) is 4.49. The third kappa shape index (κ3) is 6.06. The van der Waals surface area contributed by atoms with Crippen molar-refractivity contribution < 1.29 is 9.47 Å². The fourth-order valence-corrected chi connectivity index (χ4v) is 2.90. The van der Waals surface area contributed by atoms with Crippen molar-refractivity contribution in [1.82, 2.24) is 5.32 Å². The van der Waals surface area contributed by atoms with Gasteiger partial charge in [0.15, 0.2) is 5.75 Å². The first-order valence-corrected chi connectivity index (χ1v) is 8.34. The van der Waals surface area contributed by atoms with E-state index in [0.29, 0.717) is 28.9 Å². The molecule has 0 saturated heterocycles. The van der Waals surface area contributed by atoms with Gasteiger partial charge in [0.2, 0.25) is 0 Å². The maximum atomic E-state index is 6.20. The van der Waals surface area contributed by atoms with Gasteiger partial charge in [0.1, 0.15) is 5.75 Å². The Morgan fingerprint density at radius 1 is 1.00 bits per heavy atom. The van der Waals surface area contributed by atoms with Crippen molar-refractivity contribution in [2.45, 2.75) is 19.9 Å². The highest BCUT2D eigenvalue weighted by atomic mass is 35.5. The molecule has 0 aliphatic carbocycles. The predicted molar refractivity (Wildman–Crippen MR) is 103 cm³/mol. The molecule has 0 unspecified atom stereocenters. The van der Waals surface area contributed by atoms with Gasteiger partial charge in [-0.05, 0) is 55.3 Å². The van der Waals surface area contributed by atoms with Gasteiger partial charge in [-0.2, -0.15) is 0 Å². The first-order valence-electron chi connectivity index (χ1n) is 7.58. The minimum atomic E-state index is 0. The van der Waals surface area contributed by atoms with Crippen LogP contribution in [0.4, 0.5) is 0 Å². The number of halogens is 3. The fourth-order valence-electron chi connectivity index (χ4n) is 2.25. The third-order valence-electron chi connectivity index (χ3n) is 3.43. The van der Waals surface area contributed by atoms with E-state index in [1.165, 1.54) is 5.56 Å². The second-order valence-electron chi connectivity index (χ2n) is 5.10. The monoisotopic (exact) mass is 389 g/mol. The fraction of sp³-hybridized carbons (Fsp3) is 0.333. The van der Waals surface area contributed by atoms with Crippen LogP contribution < -0.4 is 14.8 Å². The van der Waals surface area contributed by atoms with Crippen LogP contribution in [0.25, 0.3) is 0 Å². The number of hydrogen-bond donors (Lipinski definition) is 1. The molecule has 0 fully saturated rings. The first kappa shape index (κ1) is 20.9. The van der Waals surface area contributed by atoms with Crippen LogP contribution in [-0.2, 0) is 13.0 Å². The number of nitrogens with one attached hydrogen (secondary N) is 1. The van der Waals surface area contributed by atoms with E-state index >= 15 is 0 Å². The number of hydrogen-bond acceptors (Lipinski definition) is 3. The quantitative estimate of drug-likeness (QED) is 0.632. The Balaban J connectivity index is 0.00000288. The summed E-state index contributed by atoms with van der Waals surface area (Å²) in [5.74, 6) is 1.43. The number of methoxy groups -OCH3 is 1. The maximum Gasteiger partial charge on any atom is 0.156 e. The molecular weight excluding hydrogens is 369 g/mol. The summed E-state index contributed by atoms with van der Waals surface area (Å²) >= 11 is 12.4. The van der Waals surface area contributed by atoms with Crippen LogP contribution in [0.5, 0.6) is 11.5 Å². The number of rotatable bonds is 8. The molecule has 0 aliphatic heterocycles. The van der Waals surface area contributed by atoms with Gasteiger partial charge in [0.25, 0.3) is 0 Å². The normalized spacial score (nSPS) is 10.2. The molecule has 0 amide bonds. The van der Waals surface area contributed by atoms with E-state index < -0.39 is 0 Å². The molecule has 0 aromatic heterocycles. The highest BCUT2D eigenvalue weighted by Crippen LogP contribution is 2.34. The van der Waals surface area contributed by atoms with Gasteiger partial charge < -0.3 is 14.8 Å². The summed E-state index contributed by atoms with van der Waals surface area (Å²) < 4.78 is 10.6. The van der Waals surface area contributed by atoms with E-state index in [1.54, 1.807) is 7.11 Å². The second kappa shape index (κ2) is 10.7. The molecule has 0 heterocycles. The van der Waals surface area contributed by atoms with Crippen LogP contribution in [0.3, 0.4) is 0 Å². The van der Waals surface area contributed by atoms with E-state index in [1.807, 2.05) is 31.2 Å². The predicted octanol–water partition coefficient (Wildman–Crippen LogP) is 5.15. The molecule has 0 spiro atoms. The largest absolute Gasteiger partial charge is 0.497 e. The molecule has 6 heteroatoms. The summed E-state index contributed by atoms with van der Waals surface area (Å²) in [6.45, 7) is 4.02. The smallest absolute Gasteiger partial charge is 0.156 e. The van der Waals surface area contributed by atoms with Crippen LogP contribution in [0.15, 0.2) is 36.4 Å². The van der Waals surface area contributed by atoms with Crippen LogP contribution in [0, 0.1) is 0 Å². The van der Waals surface area contributed by atoms with Gasteiger partial charge in [-0.25, -0.2) is 0 Å². The van der Waals surface area contributed by atoms with E-state index in [9.17, 15) is 0 Å². The van der Waals surface area contributed by atoms with Crippen LogP contribution in [0.1, 0.15) is 18.1 Å². The summed E-state index contributed by atoms with van der Waals surface area (Å²) in [6.07, 6.45) is 0.947. The van der Waals surface area contributed by atoms with Crippen LogP contribution in [-0.4, -0.2) is 20.3 Å². The van der Waals surface area contributed by atoms with Gasteiger partial charge in [0, 0.05) is 6.54 Å². The van der Waals surface area contributed by atoms with Gasteiger partial charge in [-0.15, -0.1) is 12.4 Å². The minimum Gasteiger partial charge on any atom is -0.497 e. The van der Waals surface area contributed by atoms with Gasteiger partial charge >= 0.3 is 0 Å².